The number of aromatic amines is 1. The van der Waals surface area contributed by atoms with E-state index in [4.69, 9.17) is 9.47 Å². The Balaban J connectivity index is 2.26. The molecule has 2 heterocycles. The van der Waals surface area contributed by atoms with Crippen molar-refractivity contribution in [2.45, 2.75) is 52.1 Å². The van der Waals surface area contributed by atoms with Crippen LogP contribution in [-0.4, -0.2) is 30.5 Å². The number of hydrogen-bond acceptors (Lipinski definition) is 5. The van der Waals surface area contributed by atoms with Gasteiger partial charge in [-0.1, -0.05) is 13.3 Å². The van der Waals surface area contributed by atoms with Gasteiger partial charge >= 0.3 is 5.97 Å². The van der Waals surface area contributed by atoms with E-state index in [-0.39, 0.29) is 12.4 Å². The van der Waals surface area contributed by atoms with E-state index in [0.29, 0.717) is 37.2 Å². The number of aldehydes is 1. The largest absolute Gasteiger partial charge is 0.466 e. The fourth-order valence-corrected chi connectivity index (χ4v) is 4.14. The first-order chi connectivity index (χ1) is 13.0. The van der Waals surface area contributed by atoms with Gasteiger partial charge in [0, 0.05) is 10.9 Å². The summed E-state index contributed by atoms with van der Waals surface area (Å²) >= 11 is 0. The van der Waals surface area contributed by atoms with Crippen molar-refractivity contribution in [1.29, 1.82) is 5.26 Å². The standard InChI is InChI=1S/C21H24N2O4/c1-4-7-21(10-17(25)26-5-2)20-16(6-8-27-21)18-14(11-22)9-15(12-24)13(3)19(18)23-20/h9,12,23H,4-8,10H2,1-3H3. The summed E-state index contributed by atoms with van der Waals surface area (Å²) in [6, 6.07) is 3.86. The number of benzene rings is 1. The number of carbonyl (C=O) groups is 2. The van der Waals surface area contributed by atoms with Gasteiger partial charge in [0.05, 0.1) is 42.5 Å². The fraction of sp³-hybridized carbons (Fsp3) is 0.476. The van der Waals surface area contributed by atoms with Crippen LogP contribution < -0.4 is 0 Å². The van der Waals surface area contributed by atoms with Gasteiger partial charge in [-0.25, -0.2) is 0 Å². The van der Waals surface area contributed by atoms with Crippen molar-refractivity contribution in [3.8, 4) is 6.07 Å². The molecule has 1 aliphatic heterocycles. The Morgan fingerprint density at radius 2 is 2.26 bits per heavy atom. The van der Waals surface area contributed by atoms with Crippen LogP contribution in [0.1, 0.15) is 65.9 Å². The highest BCUT2D eigenvalue weighted by Crippen LogP contribution is 2.44. The fourth-order valence-electron chi connectivity index (χ4n) is 4.14. The highest BCUT2D eigenvalue weighted by Gasteiger charge is 2.42. The van der Waals surface area contributed by atoms with Crippen molar-refractivity contribution in [2.75, 3.05) is 13.2 Å². The topological polar surface area (TPSA) is 92.2 Å². The van der Waals surface area contributed by atoms with Gasteiger partial charge in [0.15, 0.2) is 0 Å². The molecule has 0 spiro atoms. The van der Waals surface area contributed by atoms with Crippen molar-refractivity contribution < 1.29 is 19.1 Å². The van der Waals surface area contributed by atoms with Crippen LogP contribution in [0.5, 0.6) is 0 Å². The maximum absolute atomic E-state index is 12.3. The molecule has 3 rings (SSSR count). The molecule has 0 amide bonds. The van der Waals surface area contributed by atoms with Gasteiger partial charge in [-0.15, -0.1) is 0 Å². The number of nitrogens with one attached hydrogen (secondary N) is 1. The Bertz CT molecular complexity index is 938. The van der Waals surface area contributed by atoms with Gasteiger partial charge in [0.2, 0.25) is 0 Å². The molecule has 6 heteroatoms. The molecule has 142 valence electrons. The molecule has 0 radical (unpaired) electrons. The summed E-state index contributed by atoms with van der Waals surface area (Å²) in [5.41, 5.74) is 3.58. The lowest BCUT2D eigenvalue weighted by Gasteiger charge is -2.36. The third kappa shape index (κ3) is 3.13. The lowest BCUT2D eigenvalue weighted by Crippen LogP contribution is -2.38. The summed E-state index contributed by atoms with van der Waals surface area (Å²) in [5, 5.41) is 10.5. The van der Waals surface area contributed by atoms with Crippen LogP contribution >= 0.6 is 0 Å². The minimum atomic E-state index is -0.798. The first-order valence-corrected chi connectivity index (χ1v) is 9.34. The number of aromatic nitrogens is 1. The second kappa shape index (κ2) is 7.53. The van der Waals surface area contributed by atoms with Gasteiger partial charge in [0.1, 0.15) is 11.9 Å². The van der Waals surface area contributed by atoms with E-state index >= 15 is 0 Å². The molecule has 0 fully saturated rings. The molecule has 1 aromatic heterocycles. The Hall–Kier alpha value is -2.65. The number of carbonyl (C=O) groups excluding carboxylic acids is 2. The third-order valence-corrected chi connectivity index (χ3v) is 5.30. The quantitative estimate of drug-likeness (QED) is 0.620. The molecule has 1 aliphatic rings. The van der Waals surface area contributed by atoms with E-state index < -0.39 is 5.60 Å². The maximum atomic E-state index is 12.3. The molecule has 2 aromatic rings. The highest BCUT2D eigenvalue weighted by molar-refractivity contribution is 5.98. The number of H-pyrrole nitrogens is 1. The number of ether oxygens (including phenoxy) is 2. The van der Waals surface area contributed by atoms with Crippen molar-refractivity contribution >= 4 is 23.2 Å². The Kier molecular flexibility index (Phi) is 5.33. The van der Waals surface area contributed by atoms with Crippen LogP contribution in [0.4, 0.5) is 0 Å². The number of hydrogen-bond donors (Lipinski definition) is 1. The van der Waals surface area contributed by atoms with Gasteiger partial charge < -0.3 is 14.5 Å². The second-order valence-electron chi connectivity index (χ2n) is 6.92. The summed E-state index contributed by atoms with van der Waals surface area (Å²) in [5.74, 6) is -0.303. The predicted octanol–water partition coefficient (Wildman–Crippen LogP) is 3.68. The molecule has 0 saturated carbocycles. The molecule has 0 bridgehead atoms. The number of rotatable bonds is 6. The molecule has 0 aliphatic carbocycles. The van der Waals surface area contributed by atoms with Crippen molar-refractivity contribution in [2.24, 2.45) is 0 Å². The van der Waals surface area contributed by atoms with E-state index in [1.807, 2.05) is 13.8 Å². The van der Waals surface area contributed by atoms with Crippen LogP contribution in [0.2, 0.25) is 0 Å². The van der Waals surface area contributed by atoms with E-state index in [9.17, 15) is 14.9 Å². The number of fused-ring (bicyclic) bond motifs is 3. The van der Waals surface area contributed by atoms with Crippen LogP contribution in [0, 0.1) is 18.3 Å². The van der Waals surface area contributed by atoms with E-state index in [0.717, 1.165) is 40.4 Å². The first kappa shape index (κ1) is 19.1. The monoisotopic (exact) mass is 368 g/mol. The summed E-state index contributed by atoms with van der Waals surface area (Å²) < 4.78 is 11.3. The minimum absolute atomic E-state index is 0.121. The molecule has 1 N–H and O–H groups in total. The smallest absolute Gasteiger partial charge is 0.309 e. The summed E-state index contributed by atoms with van der Waals surface area (Å²) in [6.45, 7) is 6.48. The molecule has 6 nitrogen and oxygen atoms in total. The molecule has 1 unspecified atom stereocenters. The van der Waals surface area contributed by atoms with E-state index in [1.165, 1.54) is 0 Å². The first-order valence-electron chi connectivity index (χ1n) is 9.34. The van der Waals surface area contributed by atoms with Crippen LogP contribution in [0.25, 0.3) is 10.9 Å². The lowest BCUT2D eigenvalue weighted by molar-refractivity contribution is -0.155. The number of aryl methyl sites for hydroxylation is 1. The Morgan fingerprint density at radius 3 is 2.89 bits per heavy atom. The molecular weight excluding hydrogens is 344 g/mol. The highest BCUT2D eigenvalue weighted by atomic mass is 16.5. The van der Waals surface area contributed by atoms with Crippen LogP contribution in [-0.2, 0) is 26.3 Å². The number of nitriles is 1. The molecular formula is C21H24N2O4. The van der Waals surface area contributed by atoms with Crippen LogP contribution in [0.3, 0.4) is 0 Å². The maximum Gasteiger partial charge on any atom is 0.309 e. The SMILES string of the molecule is CCCC1(CC(=O)OCC)OCCc2c1[nH]c1c(C)c(C=O)cc(C#N)c21. The Morgan fingerprint density at radius 1 is 1.48 bits per heavy atom. The minimum Gasteiger partial charge on any atom is -0.466 e. The van der Waals surface area contributed by atoms with E-state index in [1.54, 1.807) is 13.0 Å². The average Bonchev–Trinajstić information content (AvgIpc) is 3.05. The predicted molar refractivity (Wildman–Crippen MR) is 101 cm³/mol. The van der Waals surface area contributed by atoms with Crippen LogP contribution in [0.15, 0.2) is 6.07 Å². The molecule has 0 saturated heterocycles. The summed E-state index contributed by atoms with van der Waals surface area (Å²) in [6.07, 6.45) is 3.03. The lowest BCUT2D eigenvalue weighted by atomic mass is 9.84. The molecule has 1 atom stereocenters. The van der Waals surface area contributed by atoms with Crippen molar-refractivity contribution in [1.82, 2.24) is 4.98 Å². The van der Waals surface area contributed by atoms with Crippen molar-refractivity contribution in [3.05, 3.63) is 34.0 Å². The average molecular weight is 368 g/mol. The summed E-state index contributed by atoms with van der Waals surface area (Å²) in [7, 11) is 0. The van der Waals surface area contributed by atoms with E-state index in [2.05, 4.69) is 11.1 Å². The second-order valence-corrected chi connectivity index (χ2v) is 6.92. The van der Waals surface area contributed by atoms with Crippen molar-refractivity contribution in [3.63, 3.8) is 0 Å². The number of nitrogens with zero attached hydrogens (tertiary/aromatic N) is 1. The zero-order chi connectivity index (χ0) is 19.6. The molecule has 27 heavy (non-hydrogen) atoms. The zero-order valence-electron chi connectivity index (χ0n) is 16.0. The number of esters is 1. The zero-order valence-corrected chi connectivity index (χ0v) is 16.0. The van der Waals surface area contributed by atoms with Gasteiger partial charge in [-0.2, -0.15) is 5.26 Å². The Labute approximate surface area is 158 Å². The summed E-state index contributed by atoms with van der Waals surface area (Å²) in [4.78, 5) is 27.1. The third-order valence-electron chi connectivity index (χ3n) is 5.30. The van der Waals surface area contributed by atoms with Gasteiger partial charge in [-0.05, 0) is 43.9 Å². The molecule has 1 aromatic carbocycles. The van der Waals surface area contributed by atoms with Gasteiger partial charge in [0.25, 0.3) is 0 Å². The normalized spacial score (nSPS) is 18.7. The van der Waals surface area contributed by atoms with Gasteiger partial charge in [-0.3, -0.25) is 9.59 Å².